The Morgan fingerprint density at radius 1 is 1.30 bits per heavy atom. The zero-order valence-electron chi connectivity index (χ0n) is 13.8. The standard InChI is InChI=1S/C16H32N2O2/c1-6-13(4)15(16(19)20-5)17-14-7-9-18(10-8-14)11-12(2)3/h12-15,17H,6-11H2,1-5H3. The zero-order chi connectivity index (χ0) is 15.1. The van der Waals surface area contributed by atoms with E-state index in [4.69, 9.17) is 4.74 Å². The number of rotatable bonds is 7. The van der Waals surface area contributed by atoms with Crippen LogP contribution in [0.2, 0.25) is 0 Å². The van der Waals surface area contributed by atoms with Gasteiger partial charge < -0.3 is 15.0 Å². The lowest BCUT2D eigenvalue weighted by molar-refractivity contribution is -0.145. The fourth-order valence-electron chi connectivity index (χ4n) is 2.88. The summed E-state index contributed by atoms with van der Waals surface area (Å²) in [5.74, 6) is 0.919. The number of piperidine rings is 1. The van der Waals surface area contributed by atoms with Gasteiger partial charge >= 0.3 is 5.97 Å². The average molecular weight is 284 g/mol. The van der Waals surface area contributed by atoms with E-state index in [0.717, 1.165) is 38.3 Å². The third-order valence-corrected chi connectivity index (χ3v) is 4.29. The van der Waals surface area contributed by atoms with Crippen molar-refractivity contribution in [2.45, 2.75) is 59.0 Å². The van der Waals surface area contributed by atoms with E-state index in [-0.39, 0.29) is 12.0 Å². The van der Waals surface area contributed by atoms with Gasteiger partial charge in [0.2, 0.25) is 0 Å². The normalized spacial score (nSPS) is 20.9. The topological polar surface area (TPSA) is 41.6 Å². The first kappa shape index (κ1) is 17.4. The van der Waals surface area contributed by atoms with Gasteiger partial charge in [0.1, 0.15) is 6.04 Å². The van der Waals surface area contributed by atoms with Crippen molar-refractivity contribution in [1.29, 1.82) is 0 Å². The van der Waals surface area contributed by atoms with Gasteiger partial charge in [0.15, 0.2) is 0 Å². The van der Waals surface area contributed by atoms with Crippen LogP contribution in [0, 0.1) is 11.8 Å². The molecule has 0 bridgehead atoms. The Hall–Kier alpha value is -0.610. The molecule has 1 aliphatic heterocycles. The van der Waals surface area contributed by atoms with E-state index in [9.17, 15) is 4.79 Å². The molecule has 1 rings (SSSR count). The maximum absolute atomic E-state index is 11.9. The predicted octanol–water partition coefficient (Wildman–Crippen LogP) is 2.28. The minimum absolute atomic E-state index is 0.121. The van der Waals surface area contributed by atoms with Gasteiger partial charge in [-0.15, -0.1) is 0 Å². The Labute approximate surface area is 124 Å². The molecule has 1 fully saturated rings. The molecule has 1 saturated heterocycles. The van der Waals surface area contributed by atoms with Crippen molar-refractivity contribution in [2.24, 2.45) is 11.8 Å². The molecule has 0 saturated carbocycles. The highest BCUT2D eigenvalue weighted by molar-refractivity contribution is 5.76. The fourth-order valence-corrected chi connectivity index (χ4v) is 2.88. The van der Waals surface area contributed by atoms with Gasteiger partial charge in [-0.3, -0.25) is 4.79 Å². The van der Waals surface area contributed by atoms with Crippen LogP contribution in [-0.4, -0.2) is 49.7 Å². The minimum atomic E-state index is -0.161. The van der Waals surface area contributed by atoms with E-state index >= 15 is 0 Å². The maximum atomic E-state index is 11.9. The van der Waals surface area contributed by atoms with E-state index in [0.29, 0.717) is 12.0 Å². The molecule has 2 unspecified atom stereocenters. The van der Waals surface area contributed by atoms with E-state index in [1.807, 2.05) is 0 Å². The van der Waals surface area contributed by atoms with Crippen LogP contribution in [0.3, 0.4) is 0 Å². The lowest BCUT2D eigenvalue weighted by atomic mass is 9.96. The molecule has 20 heavy (non-hydrogen) atoms. The molecule has 0 spiro atoms. The third-order valence-electron chi connectivity index (χ3n) is 4.29. The number of methoxy groups -OCH3 is 1. The number of ether oxygens (including phenoxy) is 1. The molecule has 1 N–H and O–H groups in total. The smallest absolute Gasteiger partial charge is 0.323 e. The second-order valence-electron chi connectivity index (χ2n) is 6.52. The fraction of sp³-hybridized carbons (Fsp3) is 0.938. The molecule has 0 radical (unpaired) electrons. The summed E-state index contributed by atoms with van der Waals surface area (Å²) in [6.07, 6.45) is 3.23. The number of esters is 1. The Kier molecular flexibility index (Phi) is 7.52. The Morgan fingerprint density at radius 2 is 1.90 bits per heavy atom. The van der Waals surface area contributed by atoms with Crippen molar-refractivity contribution in [2.75, 3.05) is 26.7 Å². The molecule has 0 amide bonds. The second-order valence-corrected chi connectivity index (χ2v) is 6.52. The van der Waals surface area contributed by atoms with Crippen LogP contribution in [0.25, 0.3) is 0 Å². The number of nitrogens with zero attached hydrogens (tertiary/aromatic N) is 1. The summed E-state index contributed by atoms with van der Waals surface area (Å²) in [4.78, 5) is 14.4. The molecular weight excluding hydrogens is 252 g/mol. The molecular formula is C16H32N2O2. The van der Waals surface area contributed by atoms with Crippen LogP contribution in [0.4, 0.5) is 0 Å². The van der Waals surface area contributed by atoms with Crippen molar-refractivity contribution in [3.05, 3.63) is 0 Å². The summed E-state index contributed by atoms with van der Waals surface area (Å²) in [5, 5.41) is 3.53. The van der Waals surface area contributed by atoms with Gasteiger partial charge in [0.25, 0.3) is 0 Å². The average Bonchev–Trinajstić information content (AvgIpc) is 2.44. The first-order valence-corrected chi connectivity index (χ1v) is 8.04. The van der Waals surface area contributed by atoms with Gasteiger partial charge in [-0.25, -0.2) is 0 Å². The maximum Gasteiger partial charge on any atom is 0.323 e. The molecule has 1 aliphatic rings. The molecule has 1 heterocycles. The van der Waals surface area contributed by atoms with Crippen LogP contribution >= 0.6 is 0 Å². The highest BCUT2D eigenvalue weighted by atomic mass is 16.5. The van der Waals surface area contributed by atoms with Gasteiger partial charge in [0.05, 0.1) is 7.11 Å². The van der Waals surface area contributed by atoms with Crippen molar-refractivity contribution in [3.8, 4) is 0 Å². The zero-order valence-corrected chi connectivity index (χ0v) is 13.8. The van der Waals surface area contributed by atoms with Crippen LogP contribution < -0.4 is 5.32 Å². The third kappa shape index (κ3) is 5.41. The monoisotopic (exact) mass is 284 g/mol. The lowest BCUT2D eigenvalue weighted by Crippen LogP contribution is -2.51. The number of nitrogens with one attached hydrogen (secondary N) is 1. The van der Waals surface area contributed by atoms with Crippen molar-refractivity contribution >= 4 is 5.97 Å². The van der Waals surface area contributed by atoms with Crippen LogP contribution in [0.5, 0.6) is 0 Å². The number of carbonyl (C=O) groups excluding carboxylic acids is 1. The minimum Gasteiger partial charge on any atom is -0.468 e. The summed E-state index contributed by atoms with van der Waals surface area (Å²) < 4.78 is 4.94. The number of carbonyl (C=O) groups is 1. The van der Waals surface area contributed by atoms with Crippen LogP contribution in [0.1, 0.15) is 47.0 Å². The SMILES string of the molecule is CCC(C)C(NC1CCN(CC(C)C)CC1)C(=O)OC. The number of likely N-dealkylation sites (tertiary alicyclic amines) is 1. The Bertz CT molecular complexity index is 286. The van der Waals surface area contributed by atoms with Gasteiger partial charge in [-0.1, -0.05) is 34.1 Å². The predicted molar refractivity (Wildman–Crippen MR) is 82.7 cm³/mol. The molecule has 4 nitrogen and oxygen atoms in total. The Balaban J connectivity index is 2.45. The van der Waals surface area contributed by atoms with E-state index in [2.05, 4.69) is 37.9 Å². The van der Waals surface area contributed by atoms with Gasteiger partial charge in [0, 0.05) is 12.6 Å². The molecule has 2 atom stereocenters. The van der Waals surface area contributed by atoms with Gasteiger partial charge in [-0.2, -0.15) is 0 Å². The Morgan fingerprint density at radius 3 is 2.35 bits per heavy atom. The highest BCUT2D eigenvalue weighted by Crippen LogP contribution is 2.16. The van der Waals surface area contributed by atoms with Crippen molar-refractivity contribution in [1.82, 2.24) is 10.2 Å². The summed E-state index contributed by atoms with van der Waals surface area (Å²) in [6, 6.07) is 0.281. The molecule has 118 valence electrons. The summed E-state index contributed by atoms with van der Waals surface area (Å²) in [5.41, 5.74) is 0. The first-order valence-electron chi connectivity index (χ1n) is 8.04. The van der Waals surface area contributed by atoms with Gasteiger partial charge in [-0.05, 0) is 37.8 Å². The van der Waals surface area contributed by atoms with Crippen LogP contribution in [-0.2, 0) is 9.53 Å². The number of hydrogen-bond donors (Lipinski definition) is 1. The summed E-state index contributed by atoms with van der Waals surface area (Å²) in [6.45, 7) is 12.2. The summed E-state index contributed by atoms with van der Waals surface area (Å²) in [7, 11) is 1.48. The van der Waals surface area contributed by atoms with Crippen LogP contribution in [0.15, 0.2) is 0 Å². The van der Waals surface area contributed by atoms with Crippen molar-refractivity contribution < 1.29 is 9.53 Å². The quantitative estimate of drug-likeness (QED) is 0.728. The second kappa shape index (κ2) is 8.63. The molecule has 0 aromatic rings. The van der Waals surface area contributed by atoms with E-state index in [1.54, 1.807) is 0 Å². The largest absolute Gasteiger partial charge is 0.468 e. The molecule has 4 heteroatoms. The molecule has 0 aliphatic carbocycles. The lowest BCUT2D eigenvalue weighted by Gasteiger charge is -2.35. The molecule has 0 aromatic carbocycles. The molecule has 0 aromatic heterocycles. The van der Waals surface area contributed by atoms with E-state index < -0.39 is 0 Å². The summed E-state index contributed by atoms with van der Waals surface area (Å²) >= 11 is 0. The first-order chi connectivity index (χ1) is 9.47. The number of hydrogen-bond acceptors (Lipinski definition) is 4. The van der Waals surface area contributed by atoms with E-state index in [1.165, 1.54) is 13.7 Å². The van der Waals surface area contributed by atoms with Crippen molar-refractivity contribution in [3.63, 3.8) is 0 Å². The highest BCUT2D eigenvalue weighted by Gasteiger charge is 2.29.